The van der Waals surface area contributed by atoms with E-state index in [1.165, 1.54) is 12.1 Å². The van der Waals surface area contributed by atoms with Crippen molar-refractivity contribution in [1.82, 2.24) is 0 Å². The van der Waals surface area contributed by atoms with Crippen molar-refractivity contribution < 1.29 is 18.7 Å². The number of hydrogen-bond acceptors (Lipinski definition) is 5. The van der Waals surface area contributed by atoms with E-state index in [1.54, 1.807) is 13.0 Å². The Morgan fingerprint density at radius 2 is 2.26 bits per heavy atom. The summed E-state index contributed by atoms with van der Waals surface area (Å²) < 4.78 is 18.1. The Morgan fingerprint density at radius 3 is 2.79 bits per heavy atom. The summed E-state index contributed by atoms with van der Waals surface area (Å²) in [5.41, 5.74) is 5.29. The van der Waals surface area contributed by atoms with Crippen molar-refractivity contribution in [1.29, 1.82) is 5.26 Å². The molecule has 19 heavy (non-hydrogen) atoms. The summed E-state index contributed by atoms with van der Waals surface area (Å²) in [6.07, 6.45) is 0. The van der Waals surface area contributed by atoms with Crippen molar-refractivity contribution in [3.05, 3.63) is 29.6 Å². The van der Waals surface area contributed by atoms with Crippen LogP contribution in [0.25, 0.3) is 0 Å². The maximum absolute atomic E-state index is 13.5. The number of carbonyl (C=O) groups is 2. The third-order valence-corrected chi connectivity index (χ3v) is 2.18. The van der Waals surface area contributed by atoms with Crippen molar-refractivity contribution in [3.8, 4) is 6.07 Å². The normalized spacial score (nSPS) is 11.3. The largest absolute Gasteiger partial charge is 0.464 e. The molecule has 0 bridgehead atoms. The summed E-state index contributed by atoms with van der Waals surface area (Å²) >= 11 is 0. The van der Waals surface area contributed by atoms with Gasteiger partial charge < -0.3 is 15.8 Å². The summed E-state index contributed by atoms with van der Waals surface area (Å²) in [6, 6.07) is 3.73. The first-order valence-electron chi connectivity index (χ1n) is 5.42. The minimum atomic E-state index is -1.53. The Bertz CT molecular complexity index is 540. The number of nitrogens with one attached hydrogen (secondary N) is 1. The van der Waals surface area contributed by atoms with Gasteiger partial charge in [-0.1, -0.05) is 0 Å². The highest BCUT2D eigenvalue weighted by Gasteiger charge is 2.24. The van der Waals surface area contributed by atoms with Crippen molar-refractivity contribution >= 4 is 17.6 Å². The summed E-state index contributed by atoms with van der Waals surface area (Å²) in [4.78, 5) is 22.8. The molecule has 0 heterocycles. The Morgan fingerprint density at radius 1 is 1.58 bits per heavy atom. The van der Waals surface area contributed by atoms with Crippen LogP contribution in [0.2, 0.25) is 0 Å². The van der Waals surface area contributed by atoms with Gasteiger partial charge >= 0.3 is 5.97 Å². The van der Waals surface area contributed by atoms with Crippen molar-refractivity contribution in [2.45, 2.75) is 13.0 Å². The molecule has 3 N–H and O–H groups in total. The number of amides is 1. The van der Waals surface area contributed by atoms with E-state index in [1.807, 2.05) is 0 Å². The van der Waals surface area contributed by atoms with Gasteiger partial charge in [-0.2, -0.15) is 5.26 Å². The van der Waals surface area contributed by atoms with Crippen molar-refractivity contribution in [3.63, 3.8) is 0 Å². The molecule has 0 aliphatic rings. The summed E-state index contributed by atoms with van der Waals surface area (Å²) in [5, 5.41) is 10.7. The predicted octanol–water partition coefficient (Wildman–Crippen LogP) is 0.526. The van der Waals surface area contributed by atoms with Crippen LogP contribution in [0.1, 0.15) is 12.5 Å². The van der Waals surface area contributed by atoms with Crippen molar-refractivity contribution in [2.75, 3.05) is 11.9 Å². The van der Waals surface area contributed by atoms with Crippen LogP contribution in [0.15, 0.2) is 18.2 Å². The topological polar surface area (TPSA) is 105 Å². The molecule has 0 spiro atoms. The van der Waals surface area contributed by atoms with Crippen LogP contribution in [0.3, 0.4) is 0 Å². The van der Waals surface area contributed by atoms with E-state index in [0.717, 1.165) is 6.07 Å². The monoisotopic (exact) mass is 265 g/mol. The zero-order valence-corrected chi connectivity index (χ0v) is 10.1. The SMILES string of the molecule is CCOC(=O)C(N)C(=O)Nc1ccc(C#N)cc1F. The number of ether oxygens (including phenoxy) is 1. The van der Waals surface area contributed by atoms with Crippen LogP contribution in [0, 0.1) is 17.1 Å². The smallest absolute Gasteiger partial charge is 0.332 e. The first-order valence-corrected chi connectivity index (χ1v) is 5.42. The van der Waals surface area contributed by atoms with Gasteiger partial charge in [-0.3, -0.25) is 4.79 Å². The Hall–Kier alpha value is -2.46. The van der Waals surface area contributed by atoms with E-state index in [4.69, 9.17) is 11.0 Å². The second kappa shape index (κ2) is 6.47. The van der Waals surface area contributed by atoms with E-state index in [0.29, 0.717) is 0 Å². The van der Waals surface area contributed by atoms with Gasteiger partial charge in [-0.25, -0.2) is 9.18 Å². The first kappa shape index (κ1) is 14.6. The van der Waals surface area contributed by atoms with Gasteiger partial charge in [0.2, 0.25) is 0 Å². The van der Waals surface area contributed by atoms with Crippen LogP contribution >= 0.6 is 0 Å². The van der Waals surface area contributed by atoms with Gasteiger partial charge in [0.25, 0.3) is 5.91 Å². The number of hydrogen-bond donors (Lipinski definition) is 2. The molecule has 6 nitrogen and oxygen atoms in total. The third-order valence-electron chi connectivity index (χ3n) is 2.18. The Kier molecular flexibility index (Phi) is 4.97. The van der Waals surface area contributed by atoms with E-state index >= 15 is 0 Å². The zero-order valence-electron chi connectivity index (χ0n) is 10.1. The number of carbonyl (C=O) groups excluding carboxylic acids is 2. The molecule has 100 valence electrons. The summed E-state index contributed by atoms with van der Waals surface area (Å²) in [5.74, 6) is -2.57. The fraction of sp³-hybridized carbons (Fsp3) is 0.250. The number of rotatable bonds is 4. The van der Waals surface area contributed by atoms with Gasteiger partial charge in [-0.15, -0.1) is 0 Å². The van der Waals surface area contributed by atoms with Gasteiger partial charge in [-0.05, 0) is 25.1 Å². The van der Waals surface area contributed by atoms with E-state index in [-0.39, 0.29) is 17.9 Å². The molecule has 0 saturated carbocycles. The molecule has 0 aliphatic heterocycles. The lowest BCUT2D eigenvalue weighted by Gasteiger charge is -2.11. The minimum absolute atomic E-state index is 0.0883. The average Bonchev–Trinajstić information content (AvgIpc) is 2.40. The summed E-state index contributed by atoms with van der Waals surface area (Å²) in [6.45, 7) is 1.66. The lowest BCUT2D eigenvalue weighted by atomic mass is 10.2. The molecular weight excluding hydrogens is 253 g/mol. The molecule has 1 aromatic carbocycles. The average molecular weight is 265 g/mol. The molecule has 1 rings (SSSR count). The molecule has 0 radical (unpaired) electrons. The Balaban J connectivity index is 2.77. The van der Waals surface area contributed by atoms with Crippen molar-refractivity contribution in [2.24, 2.45) is 5.73 Å². The van der Waals surface area contributed by atoms with Crippen LogP contribution < -0.4 is 11.1 Å². The van der Waals surface area contributed by atoms with E-state index < -0.39 is 23.7 Å². The fourth-order valence-electron chi connectivity index (χ4n) is 1.24. The second-order valence-electron chi connectivity index (χ2n) is 3.53. The number of nitriles is 1. The minimum Gasteiger partial charge on any atom is -0.464 e. The highest BCUT2D eigenvalue weighted by atomic mass is 19.1. The molecule has 1 amide bonds. The number of nitrogens with two attached hydrogens (primary N) is 1. The van der Waals surface area contributed by atoms with E-state index in [2.05, 4.69) is 10.1 Å². The maximum Gasteiger partial charge on any atom is 0.332 e. The van der Waals surface area contributed by atoms with Gasteiger partial charge in [0.1, 0.15) is 5.82 Å². The highest BCUT2D eigenvalue weighted by Crippen LogP contribution is 2.15. The molecule has 1 atom stereocenters. The highest BCUT2D eigenvalue weighted by molar-refractivity contribution is 6.08. The molecule has 1 aromatic rings. The quantitative estimate of drug-likeness (QED) is 0.610. The predicted molar refractivity (Wildman–Crippen MR) is 64.4 cm³/mol. The Labute approximate surface area is 109 Å². The molecule has 0 fully saturated rings. The fourth-order valence-corrected chi connectivity index (χ4v) is 1.24. The molecule has 0 aliphatic carbocycles. The number of nitrogens with zero attached hydrogens (tertiary/aromatic N) is 1. The van der Waals surface area contributed by atoms with Crippen LogP contribution in [-0.4, -0.2) is 24.5 Å². The van der Waals surface area contributed by atoms with Crippen LogP contribution in [-0.2, 0) is 14.3 Å². The number of halogens is 1. The second-order valence-corrected chi connectivity index (χ2v) is 3.53. The lowest BCUT2D eigenvalue weighted by Crippen LogP contribution is -2.43. The number of esters is 1. The molecule has 0 saturated heterocycles. The molecule has 1 unspecified atom stereocenters. The third kappa shape index (κ3) is 3.76. The summed E-state index contributed by atoms with van der Waals surface area (Å²) in [7, 11) is 0. The molecule has 7 heteroatoms. The van der Waals surface area contributed by atoms with Crippen LogP contribution in [0.5, 0.6) is 0 Å². The zero-order chi connectivity index (χ0) is 14.4. The van der Waals surface area contributed by atoms with Gasteiger partial charge in [0, 0.05) is 0 Å². The van der Waals surface area contributed by atoms with E-state index in [9.17, 15) is 14.0 Å². The maximum atomic E-state index is 13.5. The number of anilines is 1. The van der Waals surface area contributed by atoms with Gasteiger partial charge in [0.15, 0.2) is 6.04 Å². The van der Waals surface area contributed by atoms with Gasteiger partial charge in [0.05, 0.1) is 23.9 Å². The first-order chi connectivity index (χ1) is 8.99. The molecular formula is C12H12FN3O3. The lowest BCUT2D eigenvalue weighted by molar-refractivity contribution is -0.146. The molecule has 0 aromatic heterocycles. The number of benzene rings is 1. The van der Waals surface area contributed by atoms with Crippen LogP contribution in [0.4, 0.5) is 10.1 Å². The standard InChI is InChI=1S/C12H12FN3O3/c1-2-19-12(18)10(15)11(17)16-9-4-3-7(6-14)5-8(9)13/h3-5,10H,2,15H2,1H3,(H,16,17).